The average molecular weight is 213 g/mol. The molecule has 1 unspecified atom stereocenters. The fourth-order valence-corrected chi connectivity index (χ4v) is 1.39. The van der Waals surface area contributed by atoms with Gasteiger partial charge in [-0.1, -0.05) is 0 Å². The molecule has 0 aromatic carbocycles. The van der Waals surface area contributed by atoms with Crippen molar-refractivity contribution in [3.05, 3.63) is 0 Å². The molecule has 1 saturated heterocycles. The van der Waals surface area contributed by atoms with Crippen molar-refractivity contribution in [3.63, 3.8) is 0 Å². The molecule has 2 N–H and O–H groups in total. The molecule has 0 saturated carbocycles. The van der Waals surface area contributed by atoms with Crippen LogP contribution in [0.1, 0.15) is 13.3 Å². The SMILES string of the molecule is CCNC(=O)CNC1CC(=O)N(C)C1=O. The van der Waals surface area contributed by atoms with E-state index < -0.39 is 6.04 Å². The van der Waals surface area contributed by atoms with E-state index in [1.165, 1.54) is 7.05 Å². The Morgan fingerprint density at radius 1 is 1.53 bits per heavy atom. The summed E-state index contributed by atoms with van der Waals surface area (Å²) in [5.74, 6) is -0.662. The molecule has 0 aromatic heterocycles. The van der Waals surface area contributed by atoms with Gasteiger partial charge < -0.3 is 5.32 Å². The summed E-state index contributed by atoms with van der Waals surface area (Å²) < 4.78 is 0. The highest BCUT2D eigenvalue weighted by Crippen LogP contribution is 2.09. The molecule has 84 valence electrons. The van der Waals surface area contributed by atoms with E-state index >= 15 is 0 Å². The maximum Gasteiger partial charge on any atom is 0.246 e. The second kappa shape index (κ2) is 4.88. The Labute approximate surface area is 88.0 Å². The van der Waals surface area contributed by atoms with Crippen molar-refractivity contribution >= 4 is 17.7 Å². The molecule has 1 aliphatic rings. The maximum atomic E-state index is 11.4. The van der Waals surface area contributed by atoms with Gasteiger partial charge in [-0.15, -0.1) is 0 Å². The Bertz CT molecular complexity index is 290. The van der Waals surface area contributed by atoms with Crippen molar-refractivity contribution in [2.45, 2.75) is 19.4 Å². The number of carbonyl (C=O) groups is 3. The second-order valence-corrected chi connectivity index (χ2v) is 3.38. The second-order valence-electron chi connectivity index (χ2n) is 3.38. The molecule has 6 nitrogen and oxygen atoms in total. The largest absolute Gasteiger partial charge is 0.355 e. The fraction of sp³-hybridized carbons (Fsp3) is 0.667. The number of nitrogens with one attached hydrogen (secondary N) is 2. The van der Waals surface area contributed by atoms with Crippen molar-refractivity contribution in [3.8, 4) is 0 Å². The van der Waals surface area contributed by atoms with Crippen LogP contribution in [0.15, 0.2) is 0 Å². The molecule has 1 aliphatic heterocycles. The lowest BCUT2D eigenvalue weighted by Crippen LogP contribution is -2.42. The van der Waals surface area contributed by atoms with Gasteiger partial charge in [0.05, 0.1) is 19.0 Å². The minimum atomic E-state index is -0.551. The normalized spacial score (nSPS) is 20.9. The topological polar surface area (TPSA) is 78.5 Å². The molecule has 0 spiro atoms. The summed E-state index contributed by atoms with van der Waals surface area (Å²) in [7, 11) is 1.44. The lowest BCUT2D eigenvalue weighted by atomic mass is 10.2. The van der Waals surface area contributed by atoms with Crippen LogP contribution in [0, 0.1) is 0 Å². The van der Waals surface area contributed by atoms with Gasteiger partial charge in [0.2, 0.25) is 17.7 Å². The van der Waals surface area contributed by atoms with Crippen LogP contribution in [0.3, 0.4) is 0 Å². The predicted molar refractivity (Wildman–Crippen MR) is 52.9 cm³/mol. The fourth-order valence-electron chi connectivity index (χ4n) is 1.39. The van der Waals surface area contributed by atoms with E-state index in [2.05, 4.69) is 10.6 Å². The first-order valence-electron chi connectivity index (χ1n) is 4.86. The quantitative estimate of drug-likeness (QED) is 0.555. The minimum absolute atomic E-state index is 0.0609. The molecule has 1 heterocycles. The van der Waals surface area contributed by atoms with Gasteiger partial charge in [-0.3, -0.25) is 24.6 Å². The highest BCUT2D eigenvalue weighted by Gasteiger charge is 2.35. The third-order valence-corrected chi connectivity index (χ3v) is 2.26. The predicted octanol–water partition coefficient (Wildman–Crippen LogP) is -1.53. The molecule has 6 heteroatoms. The van der Waals surface area contributed by atoms with Crippen molar-refractivity contribution in [2.75, 3.05) is 20.1 Å². The standard InChI is InChI=1S/C9H15N3O3/c1-3-10-7(13)5-11-6-4-8(14)12(2)9(6)15/h6,11H,3-5H2,1-2H3,(H,10,13). The molecule has 15 heavy (non-hydrogen) atoms. The van der Waals surface area contributed by atoms with E-state index in [9.17, 15) is 14.4 Å². The molecule has 1 fully saturated rings. The molecule has 1 atom stereocenters. The van der Waals surface area contributed by atoms with Gasteiger partial charge >= 0.3 is 0 Å². The molecule has 0 aromatic rings. The Morgan fingerprint density at radius 2 is 2.20 bits per heavy atom. The Hall–Kier alpha value is -1.43. The van der Waals surface area contributed by atoms with E-state index in [0.717, 1.165) is 4.90 Å². The molecular weight excluding hydrogens is 198 g/mol. The highest BCUT2D eigenvalue weighted by molar-refractivity contribution is 6.05. The van der Waals surface area contributed by atoms with Crippen LogP contribution in [0.5, 0.6) is 0 Å². The summed E-state index contributed by atoms with van der Waals surface area (Å²) in [6.07, 6.45) is 0.134. The van der Waals surface area contributed by atoms with E-state index in [-0.39, 0.29) is 30.7 Å². The first kappa shape index (κ1) is 11.6. The van der Waals surface area contributed by atoms with Gasteiger partial charge in [-0.2, -0.15) is 0 Å². The van der Waals surface area contributed by atoms with Crippen LogP contribution in [0.25, 0.3) is 0 Å². The van der Waals surface area contributed by atoms with Gasteiger partial charge in [-0.25, -0.2) is 0 Å². The molecule has 0 aliphatic carbocycles. The number of hydrogen-bond acceptors (Lipinski definition) is 4. The number of likely N-dealkylation sites (tertiary alicyclic amines) is 1. The van der Waals surface area contributed by atoms with Crippen LogP contribution in [0.2, 0.25) is 0 Å². The Balaban J connectivity index is 2.37. The van der Waals surface area contributed by atoms with E-state index in [4.69, 9.17) is 0 Å². The first-order chi connectivity index (χ1) is 7.06. The third kappa shape index (κ3) is 2.76. The zero-order valence-corrected chi connectivity index (χ0v) is 8.87. The van der Waals surface area contributed by atoms with Crippen LogP contribution < -0.4 is 10.6 Å². The molecule has 0 radical (unpaired) electrons. The number of nitrogens with zero attached hydrogens (tertiary/aromatic N) is 1. The molecule has 0 bridgehead atoms. The lowest BCUT2D eigenvalue weighted by Gasteiger charge is -2.10. The zero-order chi connectivity index (χ0) is 11.4. The van der Waals surface area contributed by atoms with E-state index in [1.54, 1.807) is 0 Å². The van der Waals surface area contributed by atoms with Gasteiger partial charge in [0.25, 0.3) is 0 Å². The number of amides is 3. The van der Waals surface area contributed by atoms with Crippen molar-refractivity contribution < 1.29 is 14.4 Å². The number of carbonyl (C=O) groups excluding carboxylic acids is 3. The van der Waals surface area contributed by atoms with Gasteiger partial charge in [-0.05, 0) is 6.92 Å². The zero-order valence-electron chi connectivity index (χ0n) is 8.87. The van der Waals surface area contributed by atoms with Crippen LogP contribution in [-0.2, 0) is 14.4 Å². The van der Waals surface area contributed by atoms with Crippen molar-refractivity contribution in [2.24, 2.45) is 0 Å². The van der Waals surface area contributed by atoms with E-state index in [0.29, 0.717) is 6.54 Å². The van der Waals surface area contributed by atoms with Crippen LogP contribution in [0.4, 0.5) is 0 Å². The van der Waals surface area contributed by atoms with Crippen LogP contribution in [-0.4, -0.2) is 48.8 Å². The monoisotopic (exact) mass is 213 g/mol. The Morgan fingerprint density at radius 3 is 2.67 bits per heavy atom. The van der Waals surface area contributed by atoms with Gasteiger partial charge in [0, 0.05) is 13.6 Å². The van der Waals surface area contributed by atoms with Gasteiger partial charge in [0.1, 0.15) is 0 Å². The lowest BCUT2D eigenvalue weighted by molar-refractivity contribution is -0.137. The number of rotatable bonds is 4. The smallest absolute Gasteiger partial charge is 0.246 e. The van der Waals surface area contributed by atoms with Crippen molar-refractivity contribution in [1.29, 1.82) is 0 Å². The van der Waals surface area contributed by atoms with E-state index in [1.807, 2.05) is 6.92 Å². The maximum absolute atomic E-state index is 11.4. The summed E-state index contributed by atoms with van der Waals surface area (Å²) in [4.78, 5) is 34.7. The average Bonchev–Trinajstić information content (AvgIpc) is 2.43. The highest BCUT2D eigenvalue weighted by atomic mass is 16.2. The summed E-state index contributed by atoms with van der Waals surface area (Å²) in [5, 5.41) is 5.35. The third-order valence-electron chi connectivity index (χ3n) is 2.26. The molecular formula is C9H15N3O3. The number of imide groups is 1. The summed E-state index contributed by atoms with van der Waals surface area (Å²) >= 11 is 0. The number of hydrogen-bond donors (Lipinski definition) is 2. The van der Waals surface area contributed by atoms with Crippen LogP contribution >= 0.6 is 0 Å². The minimum Gasteiger partial charge on any atom is -0.355 e. The number of likely N-dealkylation sites (N-methyl/N-ethyl adjacent to an activating group) is 2. The molecule has 1 rings (SSSR count). The first-order valence-corrected chi connectivity index (χ1v) is 4.86. The summed E-state index contributed by atoms with van der Waals surface area (Å²) in [6, 6.07) is -0.551. The van der Waals surface area contributed by atoms with Crippen molar-refractivity contribution in [1.82, 2.24) is 15.5 Å². The van der Waals surface area contributed by atoms with Gasteiger partial charge in [0.15, 0.2) is 0 Å². The molecule has 3 amide bonds. The summed E-state index contributed by atoms with van der Waals surface area (Å²) in [6.45, 7) is 2.43. The Kier molecular flexibility index (Phi) is 3.79. The summed E-state index contributed by atoms with van der Waals surface area (Å²) in [5.41, 5.74) is 0.